The topological polar surface area (TPSA) is 116 Å². The fraction of sp³-hybridized carbons (Fsp3) is 0.857. The van der Waals surface area contributed by atoms with Crippen LogP contribution in [0.4, 0.5) is 0 Å². The van der Waals surface area contributed by atoms with Gasteiger partial charge in [0.05, 0.1) is 6.10 Å². The lowest BCUT2D eigenvalue weighted by molar-refractivity contribution is -0.141. The first-order chi connectivity index (χ1) is 6.65. The summed E-state index contributed by atoms with van der Waals surface area (Å²) in [6.07, 6.45) is -1.31. The molecule has 0 aromatic carbocycles. The molecule has 2 unspecified atom stereocenters. The van der Waals surface area contributed by atoms with Crippen LogP contribution in [0.15, 0.2) is 0 Å². The summed E-state index contributed by atoms with van der Waals surface area (Å²) in [5.74, 6) is -1.43. The summed E-state index contributed by atoms with van der Waals surface area (Å²) in [5, 5.41) is 17.7. The van der Waals surface area contributed by atoms with Gasteiger partial charge in [0.2, 0.25) is 0 Å². The number of aliphatic carboxylic acids is 1. The van der Waals surface area contributed by atoms with Gasteiger partial charge in [-0.05, 0) is 20.8 Å². The molecule has 0 saturated heterocycles. The van der Waals surface area contributed by atoms with Gasteiger partial charge in [-0.25, -0.2) is 0 Å². The van der Waals surface area contributed by atoms with Gasteiger partial charge in [0.25, 0.3) is 10.2 Å². The highest BCUT2D eigenvalue weighted by Crippen LogP contribution is 1.96. The Hall–Kier alpha value is -0.700. The van der Waals surface area contributed by atoms with Gasteiger partial charge in [-0.3, -0.25) is 4.79 Å². The second-order valence-electron chi connectivity index (χ2n) is 3.45. The Balaban J connectivity index is 4.61. The van der Waals surface area contributed by atoms with Crippen molar-refractivity contribution in [3.63, 3.8) is 0 Å². The van der Waals surface area contributed by atoms with Gasteiger partial charge >= 0.3 is 5.97 Å². The average Bonchev–Trinajstić information content (AvgIpc) is 1.96. The standard InChI is InChI=1S/C7H16N2O5S/c1-4(2)8-15(13,14)9-6(5(3)10)7(11)12/h4-6,8-10H,1-3H3,(H,11,12). The van der Waals surface area contributed by atoms with E-state index in [2.05, 4.69) is 4.72 Å². The van der Waals surface area contributed by atoms with Crippen LogP contribution in [0.25, 0.3) is 0 Å². The van der Waals surface area contributed by atoms with Gasteiger partial charge in [0.1, 0.15) is 6.04 Å². The highest BCUT2D eigenvalue weighted by Gasteiger charge is 2.28. The van der Waals surface area contributed by atoms with E-state index in [1.165, 1.54) is 6.92 Å². The lowest BCUT2D eigenvalue weighted by Gasteiger charge is -2.18. The Kier molecular flexibility index (Phi) is 5.15. The SMILES string of the molecule is CC(C)NS(=O)(=O)NC(C(=O)O)C(C)O. The third kappa shape index (κ3) is 5.67. The quantitative estimate of drug-likeness (QED) is 0.458. The molecule has 0 aliphatic carbocycles. The summed E-state index contributed by atoms with van der Waals surface area (Å²) >= 11 is 0. The molecule has 4 N–H and O–H groups in total. The van der Waals surface area contributed by atoms with Gasteiger partial charge in [0, 0.05) is 6.04 Å². The van der Waals surface area contributed by atoms with Crippen LogP contribution in [-0.4, -0.2) is 42.8 Å². The van der Waals surface area contributed by atoms with Crippen molar-refractivity contribution in [3.05, 3.63) is 0 Å². The lowest BCUT2D eigenvalue weighted by atomic mass is 10.2. The molecule has 0 spiro atoms. The molecule has 0 fully saturated rings. The van der Waals surface area contributed by atoms with Crippen molar-refractivity contribution in [1.29, 1.82) is 0 Å². The molecule has 90 valence electrons. The Morgan fingerprint density at radius 3 is 1.93 bits per heavy atom. The molecule has 0 heterocycles. The molecule has 0 aliphatic heterocycles. The minimum Gasteiger partial charge on any atom is -0.480 e. The number of aliphatic hydroxyl groups excluding tert-OH is 1. The number of hydrogen-bond acceptors (Lipinski definition) is 4. The van der Waals surface area contributed by atoms with Crippen molar-refractivity contribution in [2.75, 3.05) is 0 Å². The van der Waals surface area contributed by atoms with E-state index in [4.69, 9.17) is 10.2 Å². The van der Waals surface area contributed by atoms with E-state index in [9.17, 15) is 13.2 Å². The van der Waals surface area contributed by atoms with Crippen LogP contribution in [0.1, 0.15) is 20.8 Å². The molecule has 0 saturated carbocycles. The number of carboxylic acid groups (broad SMARTS) is 1. The largest absolute Gasteiger partial charge is 0.480 e. The molecular weight excluding hydrogens is 224 g/mol. The van der Waals surface area contributed by atoms with Crippen LogP contribution in [0, 0.1) is 0 Å². The van der Waals surface area contributed by atoms with E-state index < -0.39 is 28.3 Å². The van der Waals surface area contributed by atoms with Gasteiger partial charge in [-0.1, -0.05) is 0 Å². The van der Waals surface area contributed by atoms with E-state index in [1.54, 1.807) is 13.8 Å². The number of rotatable bonds is 6. The smallest absolute Gasteiger partial charge is 0.324 e. The first kappa shape index (κ1) is 14.3. The summed E-state index contributed by atoms with van der Waals surface area (Å²) in [5.41, 5.74) is 0. The predicted octanol–water partition coefficient (Wildman–Crippen LogP) is -1.35. The zero-order chi connectivity index (χ0) is 12.2. The zero-order valence-electron chi connectivity index (χ0n) is 8.76. The third-order valence-corrected chi connectivity index (χ3v) is 2.77. The number of hydrogen-bond donors (Lipinski definition) is 4. The fourth-order valence-electron chi connectivity index (χ4n) is 0.867. The third-order valence-electron chi connectivity index (χ3n) is 1.42. The van der Waals surface area contributed by atoms with Gasteiger partial charge in [-0.2, -0.15) is 17.9 Å². The maximum absolute atomic E-state index is 11.3. The monoisotopic (exact) mass is 240 g/mol. The molecule has 0 bridgehead atoms. The highest BCUT2D eigenvalue weighted by molar-refractivity contribution is 7.87. The molecule has 0 rings (SSSR count). The summed E-state index contributed by atoms with van der Waals surface area (Å²) in [6.45, 7) is 4.38. The van der Waals surface area contributed by atoms with Crippen LogP contribution in [0.5, 0.6) is 0 Å². The maximum Gasteiger partial charge on any atom is 0.324 e. The van der Waals surface area contributed by atoms with Gasteiger partial charge < -0.3 is 10.2 Å². The first-order valence-electron chi connectivity index (χ1n) is 4.36. The zero-order valence-corrected chi connectivity index (χ0v) is 9.58. The van der Waals surface area contributed by atoms with Gasteiger partial charge in [-0.15, -0.1) is 0 Å². The summed E-state index contributed by atoms with van der Waals surface area (Å²) < 4.78 is 26.5. The summed E-state index contributed by atoms with van der Waals surface area (Å²) in [4.78, 5) is 10.6. The van der Waals surface area contributed by atoms with Crippen LogP contribution in [0.2, 0.25) is 0 Å². The molecule has 0 aromatic heterocycles. The van der Waals surface area contributed by atoms with Crippen molar-refractivity contribution in [1.82, 2.24) is 9.44 Å². The van der Waals surface area contributed by atoms with E-state index in [1.807, 2.05) is 4.72 Å². The van der Waals surface area contributed by atoms with Crippen molar-refractivity contribution in [2.45, 2.75) is 39.0 Å². The van der Waals surface area contributed by atoms with E-state index >= 15 is 0 Å². The Morgan fingerprint density at radius 1 is 1.20 bits per heavy atom. The molecule has 2 atom stereocenters. The molecule has 0 aliphatic rings. The lowest BCUT2D eigenvalue weighted by Crippen LogP contribution is -2.52. The second-order valence-corrected chi connectivity index (χ2v) is 4.93. The van der Waals surface area contributed by atoms with Gasteiger partial charge in [0.15, 0.2) is 0 Å². The van der Waals surface area contributed by atoms with Crippen LogP contribution in [0.3, 0.4) is 0 Å². The van der Waals surface area contributed by atoms with Crippen molar-refractivity contribution in [2.24, 2.45) is 0 Å². The Bertz CT molecular complexity index is 311. The fourth-order valence-corrected chi connectivity index (χ4v) is 2.19. The van der Waals surface area contributed by atoms with Crippen LogP contribution in [-0.2, 0) is 15.0 Å². The van der Waals surface area contributed by atoms with Crippen molar-refractivity contribution in [3.8, 4) is 0 Å². The Morgan fingerprint density at radius 2 is 1.67 bits per heavy atom. The number of carboxylic acids is 1. The van der Waals surface area contributed by atoms with E-state index in [0.717, 1.165) is 0 Å². The molecule has 7 nitrogen and oxygen atoms in total. The van der Waals surface area contributed by atoms with Crippen molar-refractivity contribution >= 4 is 16.2 Å². The normalized spacial score (nSPS) is 16.3. The Labute approximate surface area is 88.7 Å². The average molecular weight is 240 g/mol. The summed E-state index contributed by atoms with van der Waals surface area (Å²) in [6, 6.07) is -1.91. The molecular formula is C7H16N2O5S. The molecule has 0 radical (unpaired) electrons. The van der Waals surface area contributed by atoms with E-state index in [0.29, 0.717) is 0 Å². The molecule has 0 aromatic rings. The molecule has 15 heavy (non-hydrogen) atoms. The van der Waals surface area contributed by atoms with E-state index in [-0.39, 0.29) is 6.04 Å². The number of carbonyl (C=O) groups is 1. The molecule has 0 amide bonds. The minimum atomic E-state index is -3.91. The minimum absolute atomic E-state index is 0.356. The first-order valence-corrected chi connectivity index (χ1v) is 5.84. The van der Waals surface area contributed by atoms with Crippen LogP contribution >= 0.6 is 0 Å². The van der Waals surface area contributed by atoms with Crippen molar-refractivity contribution < 1.29 is 23.4 Å². The summed E-state index contributed by atoms with van der Waals surface area (Å²) in [7, 11) is -3.91. The second kappa shape index (κ2) is 5.40. The predicted molar refractivity (Wildman–Crippen MR) is 53.4 cm³/mol. The van der Waals surface area contributed by atoms with Crippen LogP contribution < -0.4 is 9.44 Å². The number of nitrogens with one attached hydrogen (secondary N) is 2. The molecule has 8 heteroatoms. The number of aliphatic hydroxyl groups is 1. The highest BCUT2D eigenvalue weighted by atomic mass is 32.2. The maximum atomic E-state index is 11.3.